The van der Waals surface area contributed by atoms with E-state index in [0.717, 1.165) is 45.3 Å². The Hall–Kier alpha value is -2.84. The van der Waals surface area contributed by atoms with E-state index < -0.39 is 11.1 Å². The van der Waals surface area contributed by atoms with Gasteiger partial charge in [0.2, 0.25) is 0 Å². The van der Waals surface area contributed by atoms with Crippen LogP contribution in [0.5, 0.6) is 0 Å². The van der Waals surface area contributed by atoms with Crippen molar-refractivity contribution in [2.45, 2.75) is 12.2 Å². The maximum Gasteiger partial charge on any atom is 0.425 e. The molecule has 2 aromatic carbocycles. The number of aromatic amines is 1. The van der Waals surface area contributed by atoms with Crippen LogP contribution in [0.2, 0.25) is 0 Å². The number of fused-ring (bicyclic) bond motifs is 1. The van der Waals surface area contributed by atoms with E-state index in [2.05, 4.69) is 15.3 Å². The molecule has 0 aliphatic heterocycles. The summed E-state index contributed by atoms with van der Waals surface area (Å²) < 4.78 is 38.4. The first-order valence-corrected chi connectivity index (χ1v) is 9.43. The van der Waals surface area contributed by atoms with E-state index in [4.69, 9.17) is 5.73 Å². The van der Waals surface area contributed by atoms with Crippen molar-refractivity contribution >= 4 is 28.1 Å². The lowest BCUT2D eigenvalue weighted by Crippen LogP contribution is -2.20. The fourth-order valence-electron chi connectivity index (χ4n) is 3.03. The van der Waals surface area contributed by atoms with Gasteiger partial charge < -0.3 is 16.0 Å². The Bertz CT molecular complexity index is 1080. The highest BCUT2D eigenvalue weighted by Crippen LogP contribution is 2.38. The number of H-pyrrole nitrogens is 1. The summed E-state index contributed by atoms with van der Waals surface area (Å²) >= 11 is 0.743. The number of aromatic nitrogens is 2. The van der Waals surface area contributed by atoms with Crippen LogP contribution in [0.3, 0.4) is 0 Å². The molecule has 0 radical (unpaired) electrons. The molecular weight excluding hydrogens is 385 g/mol. The van der Waals surface area contributed by atoms with Crippen LogP contribution in [-0.2, 0) is 6.18 Å². The van der Waals surface area contributed by atoms with Gasteiger partial charge in [-0.15, -0.1) is 11.3 Å². The third-order valence-corrected chi connectivity index (χ3v) is 5.66. The monoisotopic (exact) mass is 402 g/mol. The van der Waals surface area contributed by atoms with Gasteiger partial charge in [-0.25, -0.2) is 4.98 Å². The van der Waals surface area contributed by atoms with Gasteiger partial charge in [0.05, 0.1) is 23.4 Å². The van der Waals surface area contributed by atoms with Gasteiger partial charge in [-0.3, -0.25) is 0 Å². The zero-order valence-corrected chi connectivity index (χ0v) is 15.4. The number of benzene rings is 2. The molecular formula is C20H17F3N4S. The van der Waals surface area contributed by atoms with E-state index >= 15 is 0 Å². The molecule has 0 aliphatic carbocycles. The lowest BCUT2D eigenvalue weighted by molar-refractivity contribution is -0.134. The van der Waals surface area contributed by atoms with Gasteiger partial charge in [0.25, 0.3) is 0 Å². The Balaban J connectivity index is 1.53. The van der Waals surface area contributed by atoms with Crippen LogP contribution in [0, 0.1) is 0 Å². The SMILES string of the molecule is NCC(Nc1ccc2nc[nH]c2c1)c1ccc(-c2ccc(C(F)(F)F)s2)cc1. The number of nitrogens with zero attached hydrogens (tertiary/aromatic N) is 1. The minimum Gasteiger partial charge on any atom is -0.377 e. The minimum absolute atomic E-state index is 0.122. The van der Waals surface area contributed by atoms with E-state index in [-0.39, 0.29) is 6.04 Å². The fourth-order valence-corrected chi connectivity index (χ4v) is 3.91. The number of hydrogen-bond acceptors (Lipinski definition) is 4. The van der Waals surface area contributed by atoms with E-state index in [1.807, 2.05) is 42.5 Å². The molecule has 0 fully saturated rings. The van der Waals surface area contributed by atoms with E-state index in [1.54, 1.807) is 6.33 Å². The minimum atomic E-state index is -4.31. The summed E-state index contributed by atoms with van der Waals surface area (Å²) in [5.41, 5.74) is 10.4. The Morgan fingerprint density at radius 1 is 1.07 bits per heavy atom. The first kappa shape index (κ1) is 18.5. The van der Waals surface area contributed by atoms with E-state index in [1.165, 1.54) is 6.07 Å². The average molecular weight is 402 g/mol. The number of imidazole rings is 1. The summed E-state index contributed by atoms with van der Waals surface area (Å²) in [6, 6.07) is 15.7. The number of thiophene rings is 1. The lowest BCUT2D eigenvalue weighted by Gasteiger charge is -2.19. The molecule has 28 heavy (non-hydrogen) atoms. The largest absolute Gasteiger partial charge is 0.425 e. The van der Waals surface area contributed by atoms with Crippen molar-refractivity contribution in [3.05, 3.63) is 71.4 Å². The van der Waals surface area contributed by atoms with Crippen LogP contribution in [0.4, 0.5) is 18.9 Å². The highest BCUT2D eigenvalue weighted by Gasteiger charge is 2.32. The molecule has 2 heterocycles. The summed E-state index contributed by atoms with van der Waals surface area (Å²) in [4.78, 5) is 7.25. The molecule has 4 N–H and O–H groups in total. The summed E-state index contributed by atoms with van der Waals surface area (Å²) in [6.45, 7) is 0.373. The average Bonchev–Trinajstić information content (AvgIpc) is 3.35. The molecule has 8 heteroatoms. The molecule has 0 amide bonds. The third-order valence-electron chi connectivity index (χ3n) is 4.48. The van der Waals surface area contributed by atoms with Gasteiger partial charge >= 0.3 is 6.18 Å². The molecule has 4 nitrogen and oxygen atoms in total. The standard InChI is InChI=1S/C20H17F3N4S/c21-20(22,23)19-8-7-18(28-19)13-3-1-12(2-4-13)17(10-24)27-14-5-6-15-16(9-14)26-11-25-15/h1-9,11,17,27H,10,24H2,(H,25,26). The number of halogens is 3. The molecule has 1 atom stereocenters. The van der Waals surface area contributed by atoms with Crippen LogP contribution >= 0.6 is 11.3 Å². The number of anilines is 1. The Morgan fingerprint density at radius 2 is 1.86 bits per heavy atom. The maximum atomic E-state index is 12.8. The smallest absolute Gasteiger partial charge is 0.377 e. The van der Waals surface area contributed by atoms with Gasteiger partial charge in [0.1, 0.15) is 4.88 Å². The highest BCUT2D eigenvalue weighted by atomic mass is 32.1. The second kappa shape index (κ2) is 7.29. The molecule has 2 aromatic heterocycles. The van der Waals surface area contributed by atoms with Crippen molar-refractivity contribution in [3.8, 4) is 10.4 Å². The van der Waals surface area contributed by atoms with Gasteiger partial charge in [0, 0.05) is 17.1 Å². The molecule has 4 rings (SSSR count). The van der Waals surface area contributed by atoms with Gasteiger partial charge in [0.15, 0.2) is 0 Å². The zero-order valence-electron chi connectivity index (χ0n) is 14.6. The Kier molecular flexibility index (Phi) is 4.82. The molecule has 4 aromatic rings. The van der Waals surface area contributed by atoms with Crippen LogP contribution in [0.25, 0.3) is 21.5 Å². The van der Waals surface area contributed by atoms with Crippen molar-refractivity contribution < 1.29 is 13.2 Å². The van der Waals surface area contributed by atoms with Crippen LogP contribution in [0.15, 0.2) is 60.9 Å². The summed E-state index contributed by atoms with van der Waals surface area (Å²) in [5, 5.41) is 3.39. The number of hydrogen-bond donors (Lipinski definition) is 3. The molecule has 0 bridgehead atoms. The number of nitrogens with one attached hydrogen (secondary N) is 2. The third kappa shape index (κ3) is 3.74. The summed E-state index contributed by atoms with van der Waals surface area (Å²) in [6.07, 6.45) is -2.67. The lowest BCUT2D eigenvalue weighted by atomic mass is 10.0. The predicted molar refractivity (Wildman–Crippen MR) is 106 cm³/mol. The van der Waals surface area contributed by atoms with Crippen molar-refractivity contribution in [3.63, 3.8) is 0 Å². The van der Waals surface area contributed by atoms with Crippen LogP contribution in [0.1, 0.15) is 16.5 Å². The molecule has 144 valence electrons. The molecule has 1 unspecified atom stereocenters. The Morgan fingerprint density at radius 3 is 2.54 bits per heavy atom. The van der Waals surface area contributed by atoms with Gasteiger partial charge in [-0.05, 0) is 41.5 Å². The molecule has 0 saturated carbocycles. The topological polar surface area (TPSA) is 66.7 Å². The zero-order chi connectivity index (χ0) is 19.7. The van der Waals surface area contributed by atoms with Crippen molar-refractivity contribution in [2.75, 3.05) is 11.9 Å². The number of alkyl halides is 3. The predicted octanol–water partition coefficient (Wildman–Crippen LogP) is 5.42. The second-order valence-corrected chi connectivity index (χ2v) is 7.43. The molecule has 0 spiro atoms. The van der Waals surface area contributed by atoms with Gasteiger partial charge in [-0.2, -0.15) is 13.2 Å². The highest BCUT2D eigenvalue weighted by molar-refractivity contribution is 7.15. The normalized spacial score (nSPS) is 13.0. The molecule has 0 aliphatic rings. The van der Waals surface area contributed by atoms with E-state index in [9.17, 15) is 13.2 Å². The Labute approximate surface area is 163 Å². The number of rotatable bonds is 5. The molecule has 0 saturated heterocycles. The number of nitrogens with two attached hydrogens (primary N) is 1. The van der Waals surface area contributed by atoms with Crippen LogP contribution < -0.4 is 11.1 Å². The summed E-state index contributed by atoms with van der Waals surface area (Å²) in [5.74, 6) is 0. The van der Waals surface area contributed by atoms with Crippen molar-refractivity contribution in [2.24, 2.45) is 5.73 Å². The van der Waals surface area contributed by atoms with Crippen LogP contribution in [-0.4, -0.2) is 16.5 Å². The van der Waals surface area contributed by atoms with Crippen molar-refractivity contribution in [1.82, 2.24) is 9.97 Å². The maximum absolute atomic E-state index is 12.8. The first-order valence-electron chi connectivity index (χ1n) is 8.61. The summed E-state index contributed by atoms with van der Waals surface area (Å²) in [7, 11) is 0. The van der Waals surface area contributed by atoms with Gasteiger partial charge in [-0.1, -0.05) is 24.3 Å². The fraction of sp³-hybridized carbons (Fsp3) is 0.150. The first-order chi connectivity index (χ1) is 13.4. The second-order valence-electron chi connectivity index (χ2n) is 6.35. The van der Waals surface area contributed by atoms with Crippen molar-refractivity contribution in [1.29, 1.82) is 0 Å². The quantitative estimate of drug-likeness (QED) is 0.417. The van der Waals surface area contributed by atoms with E-state index in [0.29, 0.717) is 11.4 Å².